The Morgan fingerprint density at radius 2 is 2.15 bits per heavy atom. The summed E-state index contributed by atoms with van der Waals surface area (Å²) >= 11 is 5.80. The number of carbonyl (C=O) groups is 1. The van der Waals surface area contributed by atoms with E-state index in [1.165, 1.54) is 13.0 Å². The molecule has 70 valence electrons. The Kier molecular flexibility index (Phi) is 3.04. The van der Waals surface area contributed by atoms with E-state index >= 15 is 0 Å². The molecule has 1 aromatic rings. The van der Waals surface area contributed by atoms with E-state index in [4.69, 9.17) is 11.6 Å². The molecule has 0 aromatic heterocycles. The summed E-state index contributed by atoms with van der Waals surface area (Å²) in [5, 5.41) is -0.740. The van der Waals surface area contributed by atoms with Gasteiger partial charge in [0.05, 0.1) is 0 Å². The number of benzene rings is 1. The van der Waals surface area contributed by atoms with Crippen LogP contribution in [0.15, 0.2) is 18.2 Å². The summed E-state index contributed by atoms with van der Waals surface area (Å²) in [5.41, 5.74) is 0.992. The molecule has 1 rings (SSSR count). The Labute approximate surface area is 81.5 Å². The zero-order valence-electron chi connectivity index (χ0n) is 7.47. The fourth-order valence-electron chi connectivity index (χ4n) is 1.12. The average molecular weight is 201 g/mol. The standard InChI is InChI=1S/C10H10ClFO/c1-6-8(10(11)7(2)13)4-3-5-9(6)12/h3-5,10H,1-2H3. The van der Waals surface area contributed by atoms with Gasteiger partial charge in [-0.25, -0.2) is 4.39 Å². The Morgan fingerprint density at radius 3 is 2.69 bits per heavy atom. The Morgan fingerprint density at radius 1 is 1.54 bits per heavy atom. The maximum atomic E-state index is 13.0. The molecule has 0 amide bonds. The minimum absolute atomic E-state index is 0.171. The lowest BCUT2D eigenvalue weighted by Gasteiger charge is -2.09. The third-order valence-electron chi connectivity index (χ3n) is 1.94. The Hall–Kier alpha value is -0.890. The van der Waals surface area contributed by atoms with Gasteiger partial charge < -0.3 is 0 Å². The van der Waals surface area contributed by atoms with E-state index in [1.807, 2.05) is 0 Å². The molecule has 0 spiro atoms. The highest BCUT2D eigenvalue weighted by molar-refractivity contribution is 6.30. The molecule has 1 nitrogen and oxygen atoms in total. The first kappa shape index (κ1) is 10.2. The van der Waals surface area contributed by atoms with Crippen LogP contribution in [0.25, 0.3) is 0 Å². The number of Topliss-reactive ketones (excluding diaryl/α,β-unsaturated/α-hetero) is 1. The lowest BCUT2D eigenvalue weighted by molar-refractivity contribution is -0.116. The molecule has 0 fully saturated rings. The lowest BCUT2D eigenvalue weighted by Crippen LogP contribution is -2.04. The first-order valence-electron chi connectivity index (χ1n) is 3.93. The maximum Gasteiger partial charge on any atom is 0.152 e. The topological polar surface area (TPSA) is 17.1 Å². The van der Waals surface area contributed by atoms with Gasteiger partial charge in [0.25, 0.3) is 0 Å². The second-order valence-corrected chi connectivity index (χ2v) is 3.36. The molecule has 0 aliphatic rings. The number of alkyl halides is 1. The highest BCUT2D eigenvalue weighted by Gasteiger charge is 2.16. The van der Waals surface area contributed by atoms with Gasteiger partial charge >= 0.3 is 0 Å². The van der Waals surface area contributed by atoms with E-state index in [1.54, 1.807) is 19.1 Å². The van der Waals surface area contributed by atoms with Crippen LogP contribution in [-0.4, -0.2) is 5.78 Å². The van der Waals surface area contributed by atoms with E-state index in [-0.39, 0.29) is 11.6 Å². The molecule has 1 aromatic carbocycles. The summed E-state index contributed by atoms with van der Waals surface area (Å²) in [5.74, 6) is -0.500. The molecule has 3 heteroatoms. The monoisotopic (exact) mass is 200 g/mol. The molecule has 0 saturated carbocycles. The van der Waals surface area contributed by atoms with Crippen LogP contribution < -0.4 is 0 Å². The minimum atomic E-state index is -0.740. The molecule has 0 aliphatic heterocycles. The zero-order valence-corrected chi connectivity index (χ0v) is 8.23. The van der Waals surface area contributed by atoms with Crippen LogP contribution in [0.5, 0.6) is 0 Å². The summed E-state index contributed by atoms with van der Waals surface area (Å²) in [4.78, 5) is 11.0. The van der Waals surface area contributed by atoms with Crippen molar-refractivity contribution in [1.82, 2.24) is 0 Å². The Bertz CT molecular complexity index is 336. The van der Waals surface area contributed by atoms with Crippen molar-refractivity contribution in [2.24, 2.45) is 0 Å². The van der Waals surface area contributed by atoms with E-state index in [0.29, 0.717) is 11.1 Å². The van der Waals surface area contributed by atoms with Crippen LogP contribution in [0, 0.1) is 12.7 Å². The molecule has 0 bridgehead atoms. The summed E-state index contributed by atoms with van der Waals surface area (Å²) in [6, 6.07) is 4.57. The third-order valence-corrected chi connectivity index (χ3v) is 2.48. The Balaban J connectivity index is 3.15. The highest BCUT2D eigenvalue weighted by Crippen LogP contribution is 2.25. The fourth-order valence-corrected chi connectivity index (χ4v) is 1.35. The predicted molar refractivity (Wildman–Crippen MR) is 50.4 cm³/mol. The molecule has 0 N–H and O–H groups in total. The molecule has 0 aliphatic carbocycles. The predicted octanol–water partition coefficient (Wildman–Crippen LogP) is 3.00. The van der Waals surface area contributed by atoms with Crippen LogP contribution in [0.4, 0.5) is 4.39 Å². The van der Waals surface area contributed by atoms with Crippen LogP contribution in [0.3, 0.4) is 0 Å². The molecule has 1 unspecified atom stereocenters. The van der Waals surface area contributed by atoms with Gasteiger partial charge in [0.2, 0.25) is 0 Å². The maximum absolute atomic E-state index is 13.0. The van der Waals surface area contributed by atoms with Gasteiger partial charge in [-0.2, -0.15) is 0 Å². The van der Waals surface area contributed by atoms with Gasteiger partial charge in [-0.15, -0.1) is 11.6 Å². The highest BCUT2D eigenvalue weighted by atomic mass is 35.5. The van der Waals surface area contributed by atoms with Crippen LogP contribution in [0.2, 0.25) is 0 Å². The number of rotatable bonds is 2. The molecular formula is C10H10ClFO. The molecule has 0 radical (unpaired) electrons. The molecule has 0 heterocycles. The van der Waals surface area contributed by atoms with Gasteiger partial charge in [-0.1, -0.05) is 12.1 Å². The van der Waals surface area contributed by atoms with E-state index in [0.717, 1.165) is 0 Å². The second kappa shape index (κ2) is 3.88. The first-order chi connectivity index (χ1) is 6.04. The third kappa shape index (κ3) is 2.07. The van der Waals surface area contributed by atoms with Gasteiger partial charge in [0.15, 0.2) is 5.78 Å². The smallest absolute Gasteiger partial charge is 0.152 e. The van der Waals surface area contributed by atoms with Crippen molar-refractivity contribution >= 4 is 17.4 Å². The summed E-state index contributed by atoms with van der Waals surface area (Å²) in [7, 11) is 0. The second-order valence-electron chi connectivity index (χ2n) is 2.93. The summed E-state index contributed by atoms with van der Waals surface area (Å²) in [6.07, 6.45) is 0. The normalized spacial score (nSPS) is 12.6. The van der Waals surface area contributed by atoms with Crippen LogP contribution in [0.1, 0.15) is 23.4 Å². The van der Waals surface area contributed by atoms with E-state index < -0.39 is 5.38 Å². The van der Waals surface area contributed by atoms with Crippen LogP contribution in [-0.2, 0) is 4.79 Å². The van der Waals surface area contributed by atoms with Gasteiger partial charge in [-0.3, -0.25) is 4.79 Å². The van der Waals surface area contributed by atoms with Crippen molar-refractivity contribution in [1.29, 1.82) is 0 Å². The quantitative estimate of drug-likeness (QED) is 0.671. The lowest BCUT2D eigenvalue weighted by atomic mass is 10.0. The number of hydrogen-bond acceptors (Lipinski definition) is 1. The number of halogens is 2. The number of carbonyl (C=O) groups excluding carboxylic acids is 1. The molecular weight excluding hydrogens is 191 g/mol. The van der Waals surface area contributed by atoms with Crippen molar-refractivity contribution in [3.63, 3.8) is 0 Å². The van der Waals surface area contributed by atoms with E-state index in [9.17, 15) is 9.18 Å². The SMILES string of the molecule is CC(=O)C(Cl)c1cccc(F)c1C. The molecule has 1 atom stereocenters. The molecule has 13 heavy (non-hydrogen) atoms. The van der Waals surface area contributed by atoms with Gasteiger partial charge in [0, 0.05) is 0 Å². The zero-order chi connectivity index (χ0) is 10.0. The number of hydrogen-bond donors (Lipinski definition) is 0. The van der Waals surface area contributed by atoms with Crippen molar-refractivity contribution < 1.29 is 9.18 Å². The van der Waals surface area contributed by atoms with Crippen molar-refractivity contribution in [2.45, 2.75) is 19.2 Å². The summed E-state index contributed by atoms with van der Waals surface area (Å²) < 4.78 is 13.0. The molecule has 0 saturated heterocycles. The van der Waals surface area contributed by atoms with Gasteiger partial charge in [-0.05, 0) is 31.0 Å². The first-order valence-corrected chi connectivity index (χ1v) is 4.37. The van der Waals surface area contributed by atoms with Crippen molar-refractivity contribution in [3.8, 4) is 0 Å². The van der Waals surface area contributed by atoms with Crippen LogP contribution >= 0.6 is 11.6 Å². The minimum Gasteiger partial charge on any atom is -0.298 e. The van der Waals surface area contributed by atoms with Gasteiger partial charge in [0.1, 0.15) is 11.2 Å². The summed E-state index contributed by atoms with van der Waals surface area (Å²) in [6.45, 7) is 3.00. The largest absolute Gasteiger partial charge is 0.298 e. The van der Waals surface area contributed by atoms with Crippen molar-refractivity contribution in [2.75, 3.05) is 0 Å². The van der Waals surface area contributed by atoms with E-state index in [2.05, 4.69) is 0 Å². The fraction of sp³-hybridized carbons (Fsp3) is 0.300. The van der Waals surface area contributed by atoms with Crippen molar-refractivity contribution in [3.05, 3.63) is 35.1 Å². The number of ketones is 1. The average Bonchev–Trinajstić information content (AvgIpc) is 2.08.